The molecular weight excluding hydrogens is 328 g/mol. The summed E-state index contributed by atoms with van der Waals surface area (Å²) in [5.41, 5.74) is 6.25. The van der Waals surface area contributed by atoms with Crippen molar-refractivity contribution < 1.29 is 9.53 Å². The van der Waals surface area contributed by atoms with Crippen LogP contribution in [0.5, 0.6) is 0 Å². The number of rotatable bonds is 3. The van der Waals surface area contributed by atoms with Gasteiger partial charge in [0.2, 0.25) is 0 Å². The highest BCUT2D eigenvalue weighted by molar-refractivity contribution is 6.15. The molecule has 2 aliphatic heterocycles. The summed E-state index contributed by atoms with van der Waals surface area (Å²) in [6, 6.07) is 5.69. The van der Waals surface area contributed by atoms with Gasteiger partial charge in [-0.2, -0.15) is 0 Å². The number of benzene rings is 1. The average molecular weight is 346 g/mol. The minimum Gasteiger partial charge on any atom is -0.462 e. The Balaban J connectivity index is 1.76. The number of allylic oxidation sites excluding steroid dienone is 1. The van der Waals surface area contributed by atoms with Gasteiger partial charge in [0.25, 0.3) is 0 Å². The quantitative estimate of drug-likeness (QED) is 0.798. The Morgan fingerprint density at radius 3 is 3.04 bits per heavy atom. The molecule has 0 radical (unpaired) electrons. The number of aliphatic imine (C=N–C) groups is 1. The zero-order valence-corrected chi connectivity index (χ0v) is 14.5. The first-order valence-corrected chi connectivity index (χ1v) is 8.92. The van der Waals surface area contributed by atoms with E-state index in [2.05, 4.69) is 20.9 Å². The number of hydrogen-bond donors (Lipinski definition) is 0. The maximum Gasteiger partial charge on any atom is 0.340 e. The predicted molar refractivity (Wildman–Crippen MR) is 98.9 cm³/mol. The van der Waals surface area contributed by atoms with Gasteiger partial charge >= 0.3 is 5.97 Å². The van der Waals surface area contributed by atoms with E-state index in [4.69, 9.17) is 9.73 Å². The van der Waals surface area contributed by atoms with E-state index in [0.29, 0.717) is 24.8 Å². The number of para-hydroxylation sites is 1. The Hall–Kier alpha value is -3.02. The van der Waals surface area contributed by atoms with Crippen LogP contribution in [-0.4, -0.2) is 34.9 Å². The van der Waals surface area contributed by atoms with E-state index in [1.54, 1.807) is 6.33 Å². The second-order valence-electron chi connectivity index (χ2n) is 6.67. The molecule has 0 amide bonds. The summed E-state index contributed by atoms with van der Waals surface area (Å²) in [5, 5.41) is 0. The molecule has 0 N–H and O–H groups in total. The molecule has 0 spiro atoms. The molecule has 3 heterocycles. The van der Waals surface area contributed by atoms with E-state index in [9.17, 15) is 4.79 Å². The monoisotopic (exact) mass is 346 g/mol. The van der Waals surface area contributed by atoms with Gasteiger partial charge in [-0.25, -0.2) is 14.8 Å². The molecule has 5 rings (SSSR count). The van der Waals surface area contributed by atoms with Crippen LogP contribution in [0.2, 0.25) is 0 Å². The lowest BCUT2D eigenvalue weighted by Crippen LogP contribution is -2.23. The Bertz CT molecular complexity index is 976. The van der Waals surface area contributed by atoms with Crippen LogP contribution in [0.3, 0.4) is 0 Å². The molecule has 26 heavy (non-hydrogen) atoms. The Labute approximate surface area is 151 Å². The van der Waals surface area contributed by atoms with E-state index in [1.807, 2.05) is 31.3 Å². The molecule has 1 aromatic heterocycles. The molecule has 1 fully saturated rings. The molecule has 130 valence electrons. The standard InChI is InChI=1S/C20H18N4O2/c1-2-26-20(25)15-5-3-4-14-17-13(9-21-10-22-17)8-16-18(12-6-7-12)23-11-24(16)19(14)15/h3-5,8-10,12H,2,6-7,11H2,1H3. The second-order valence-corrected chi connectivity index (χ2v) is 6.67. The first kappa shape index (κ1) is 15.3. The van der Waals surface area contributed by atoms with Gasteiger partial charge in [-0.15, -0.1) is 0 Å². The summed E-state index contributed by atoms with van der Waals surface area (Å²) in [4.78, 5) is 28.2. The highest BCUT2D eigenvalue weighted by atomic mass is 16.5. The molecule has 0 atom stereocenters. The average Bonchev–Trinajstić information content (AvgIpc) is 3.45. The molecule has 0 bridgehead atoms. The molecule has 2 aromatic rings. The first-order chi connectivity index (χ1) is 12.8. The van der Waals surface area contributed by atoms with Gasteiger partial charge in [-0.3, -0.25) is 4.99 Å². The molecule has 0 saturated heterocycles. The van der Waals surface area contributed by atoms with Gasteiger partial charge < -0.3 is 9.64 Å². The summed E-state index contributed by atoms with van der Waals surface area (Å²) in [6.45, 7) is 2.67. The van der Waals surface area contributed by atoms with E-state index < -0.39 is 0 Å². The number of esters is 1. The van der Waals surface area contributed by atoms with Crippen molar-refractivity contribution >= 4 is 23.4 Å². The van der Waals surface area contributed by atoms with Crippen molar-refractivity contribution in [3.05, 3.63) is 47.5 Å². The van der Waals surface area contributed by atoms with Gasteiger partial charge in [0.1, 0.15) is 13.0 Å². The summed E-state index contributed by atoms with van der Waals surface area (Å²) in [5.74, 6) is 0.205. The summed E-state index contributed by atoms with van der Waals surface area (Å²) in [7, 11) is 0. The SMILES string of the molecule is CCOC(=O)c1cccc2c1N1CN=C(C3CC3)C1=Cc1cncnc1-2. The molecule has 6 nitrogen and oxygen atoms in total. The summed E-state index contributed by atoms with van der Waals surface area (Å²) < 4.78 is 5.30. The van der Waals surface area contributed by atoms with Crippen molar-refractivity contribution in [2.45, 2.75) is 19.8 Å². The van der Waals surface area contributed by atoms with E-state index in [0.717, 1.165) is 33.9 Å². The number of ether oxygens (including phenoxy) is 1. The lowest BCUT2D eigenvalue weighted by atomic mass is 10.0. The van der Waals surface area contributed by atoms with Gasteiger partial charge in [-0.05, 0) is 31.9 Å². The number of carbonyl (C=O) groups is 1. The fraction of sp³-hybridized carbons (Fsp3) is 0.300. The number of carbonyl (C=O) groups excluding carboxylic acids is 1. The molecule has 1 aromatic carbocycles. The van der Waals surface area contributed by atoms with Crippen LogP contribution in [0, 0.1) is 5.92 Å². The summed E-state index contributed by atoms with van der Waals surface area (Å²) >= 11 is 0. The third-order valence-corrected chi connectivity index (χ3v) is 4.99. The second kappa shape index (κ2) is 5.76. The van der Waals surface area contributed by atoms with E-state index in [-0.39, 0.29) is 5.97 Å². The van der Waals surface area contributed by atoms with Crippen LogP contribution < -0.4 is 4.90 Å². The van der Waals surface area contributed by atoms with Crippen molar-refractivity contribution in [1.29, 1.82) is 0 Å². The van der Waals surface area contributed by atoms with Crippen molar-refractivity contribution in [3.63, 3.8) is 0 Å². The molecule has 3 aliphatic rings. The Kier molecular flexibility index (Phi) is 3.38. The lowest BCUT2D eigenvalue weighted by Gasteiger charge is -2.23. The summed E-state index contributed by atoms with van der Waals surface area (Å²) in [6.07, 6.45) is 7.82. The highest BCUT2D eigenvalue weighted by Crippen LogP contribution is 2.45. The van der Waals surface area contributed by atoms with Gasteiger partial charge in [0.15, 0.2) is 0 Å². The minimum absolute atomic E-state index is 0.318. The van der Waals surface area contributed by atoms with Crippen LogP contribution in [0.1, 0.15) is 35.7 Å². The van der Waals surface area contributed by atoms with Crippen LogP contribution >= 0.6 is 0 Å². The largest absolute Gasteiger partial charge is 0.462 e. The Morgan fingerprint density at radius 2 is 2.23 bits per heavy atom. The number of nitrogens with zero attached hydrogens (tertiary/aromatic N) is 4. The van der Waals surface area contributed by atoms with Crippen LogP contribution in [-0.2, 0) is 4.74 Å². The molecule has 1 aliphatic carbocycles. The number of fused-ring (bicyclic) bond motifs is 5. The number of hydrogen-bond acceptors (Lipinski definition) is 6. The third kappa shape index (κ3) is 2.25. The number of aromatic nitrogens is 2. The molecule has 6 heteroatoms. The van der Waals surface area contributed by atoms with E-state index in [1.165, 1.54) is 12.8 Å². The maximum atomic E-state index is 12.6. The predicted octanol–water partition coefficient (Wildman–Crippen LogP) is 3.30. The normalized spacial score (nSPS) is 17.5. The zero-order chi connectivity index (χ0) is 17.7. The topological polar surface area (TPSA) is 67.7 Å². The van der Waals surface area contributed by atoms with Crippen LogP contribution in [0.4, 0.5) is 5.69 Å². The maximum absolute atomic E-state index is 12.6. The van der Waals surface area contributed by atoms with Crippen molar-refractivity contribution in [1.82, 2.24) is 9.97 Å². The molecule has 0 unspecified atom stereocenters. The molecule has 1 saturated carbocycles. The lowest BCUT2D eigenvalue weighted by molar-refractivity contribution is 0.0527. The highest BCUT2D eigenvalue weighted by Gasteiger charge is 2.38. The minimum atomic E-state index is -0.318. The van der Waals surface area contributed by atoms with Crippen molar-refractivity contribution in [2.75, 3.05) is 18.2 Å². The van der Waals surface area contributed by atoms with E-state index >= 15 is 0 Å². The number of anilines is 1. The van der Waals surface area contributed by atoms with Gasteiger partial charge in [-0.1, -0.05) is 12.1 Å². The fourth-order valence-corrected chi connectivity index (χ4v) is 3.70. The zero-order valence-electron chi connectivity index (χ0n) is 14.5. The fourth-order valence-electron chi connectivity index (χ4n) is 3.70. The van der Waals surface area contributed by atoms with Crippen molar-refractivity contribution in [2.24, 2.45) is 10.9 Å². The van der Waals surface area contributed by atoms with Crippen molar-refractivity contribution in [3.8, 4) is 11.3 Å². The first-order valence-electron chi connectivity index (χ1n) is 8.92. The van der Waals surface area contributed by atoms with Gasteiger partial charge in [0.05, 0.1) is 35.0 Å². The Morgan fingerprint density at radius 1 is 1.35 bits per heavy atom. The smallest absolute Gasteiger partial charge is 0.340 e. The van der Waals surface area contributed by atoms with Gasteiger partial charge in [0, 0.05) is 23.2 Å². The van der Waals surface area contributed by atoms with Crippen LogP contribution in [0.25, 0.3) is 17.3 Å². The van der Waals surface area contributed by atoms with Crippen LogP contribution in [0.15, 0.2) is 41.4 Å². The molecular formula is C20H18N4O2. The third-order valence-electron chi connectivity index (χ3n) is 4.99.